The molecule has 0 radical (unpaired) electrons. The lowest BCUT2D eigenvalue weighted by molar-refractivity contribution is -0.143. The molecule has 25 heavy (non-hydrogen) atoms. The molecule has 0 bridgehead atoms. The summed E-state index contributed by atoms with van der Waals surface area (Å²) in [5.74, 6) is -0.741. The van der Waals surface area contributed by atoms with Crippen molar-refractivity contribution in [1.29, 1.82) is 0 Å². The fourth-order valence-corrected chi connectivity index (χ4v) is 3.50. The number of imide groups is 1. The van der Waals surface area contributed by atoms with Gasteiger partial charge in [0.25, 0.3) is 11.8 Å². The summed E-state index contributed by atoms with van der Waals surface area (Å²) in [6.07, 6.45) is 0.453. The van der Waals surface area contributed by atoms with Crippen molar-refractivity contribution in [2.45, 2.75) is 39.3 Å². The number of carbonyl (C=O) groups is 3. The molecular formula is C19H24N2O4. The van der Waals surface area contributed by atoms with E-state index < -0.39 is 6.04 Å². The molecule has 1 saturated heterocycles. The van der Waals surface area contributed by atoms with Gasteiger partial charge in [0.15, 0.2) is 0 Å². The Morgan fingerprint density at radius 1 is 1.20 bits per heavy atom. The monoisotopic (exact) mass is 344 g/mol. The molecule has 0 aliphatic carbocycles. The van der Waals surface area contributed by atoms with Gasteiger partial charge in [-0.3, -0.25) is 19.3 Å². The minimum atomic E-state index is -0.770. The smallest absolute Gasteiger partial charge is 0.262 e. The maximum Gasteiger partial charge on any atom is 0.262 e. The van der Waals surface area contributed by atoms with Crippen molar-refractivity contribution in [3.63, 3.8) is 0 Å². The highest BCUT2D eigenvalue weighted by molar-refractivity contribution is 6.22. The SMILES string of the molecule is CC(C)CC(C(=O)N1CCOCC1C)N1C(=O)c2ccccc2C1=O. The fourth-order valence-electron chi connectivity index (χ4n) is 3.50. The summed E-state index contributed by atoms with van der Waals surface area (Å²) in [7, 11) is 0. The number of benzene rings is 1. The van der Waals surface area contributed by atoms with Gasteiger partial charge in [-0.25, -0.2) is 0 Å². The molecule has 134 valence electrons. The van der Waals surface area contributed by atoms with E-state index in [1.165, 1.54) is 0 Å². The molecular weight excluding hydrogens is 320 g/mol. The third kappa shape index (κ3) is 3.18. The summed E-state index contributed by atoms with van der Waals surface area (Å²) < 4.78 is 5.40. The molecule has 2 atom stereocenters. The molecule has 2 aliphatic rings. The van der Waals surface area contributed by atoms with Crippen molar-refractivity contribution in [1.82, 2.24) is 9.80 Å². The van der Waals surface area contributed by atoms with Crippen LogP contribution >= 0.6 is 0 Å². The lowest BCUT2D eigenvalue weighted by Gasteiger charge is -2.38. The van der Waals surface area contributed by atoms with E-state index >= 15 is 0 Å². The van der Waals surface area contributed by atoms with E-state index in [1.807, 2.05) is 20.8 Å². The molecule has 0 spiro atoms. The first-order chi connectivity index (χ1) is 11.9. The second-order valence-corrected chi connectivity index (χ2v) is 7.13. The highest BCUT2D eigenvalue weighted by atomic mass is 16.5. The van der Waals surface area contributed by atoms with Gasteiger partial charge in [0.2, 0.25) is 5.91 Å². The van der Waals surface area contributed by atoms with E-state index in [4.69, 9.17) is 4.74 Å². The molecule has 2 unspecified atom stereocenters. The van der Waals surface area contributed by atoms with Crippen LogP contribution in [0.5, 0.6) is 0 Å². The number of amides is 3. The van der Waals surface area contributed by atoms with Crippen LogP contribution in [0.4, 0.5) is 0 Å². The van der Waals surface area contributed by atoms with Gasteiger partial charge in [-0.2, -0.15) is 0 Å². The molecule has 0 N–H and O–H groups in total. The second kappa shape index (κ2) is 6.96. The molecule has 6 heteroatoms. The van der Waals surface area contributed by atoms with Gasteiger partial charge < -0.3 is 9.64 Å². The second-order valence-electron chi connectivity index (χ2n) is 7.13. The Bertz CT molecular complexity index is 665. The number of hydrogen-bond donors (Lipinski definition) is 0. The standard InChI is InChI=1S/C19H24N2O4/c1-12(2)10-16(19(24)20-8-9-25-11-13(20)3)21-17(22)14-6-4-5-7-15(14)18(21)23/h4-7,12-13,16H,8-11H2,1-3H3. The zero-order valence-corrected chi connectivity index (χ0v) is 14.9. The highest BCUT2D eigenvalue weighted by Gasteiger charge is 2.44. The molecule has 0 saturated carbocycles. The maximum atomic E-state index is 13.2. The van der Waals surface area contributed by atoms with Gasteiger partial charge in [0.1, 0.15) is 6.04 Å². The van der Waals surface area contributed by atoms with Gasteiger partial charge in [-0.1, -0.05) is 26.0 Å². The van der Waals surface area contributed by atoms with Crippen molar-refractivity contribution in [3.05, 3.63) is 35.4 Å². The van der Waals surface area contributed by atoms with Crippen molar-refractivity contribution in [3.8, 4) is 0 Å². The van der Waals surface area contributed by atoms with E-state index in [-0.39, 0.29) is 29.7 Å². The van der Waals surface area contributed by atoms with Crippen molar-refractivity contribution < 1.29 is 19.1 Å². The Kier molecular flexibility index (Phi) is 4.90. The van der Waals surface area contributed by atoms with Gasteiger partial charge >= 0.3 is 0 Å². The summed E-state index contributed by atoms with van der Waals surface area (Å²) in [6, 6.07) is 5.92. The van der Waals surface area contributed by atoms with Crippen LogP contribution in [0.15, 0.2) is 24.3 Å². The molecule has 2 aliphatic heterocycles. The summed E-state index contributed by atoms with van der Waals surface area (Å²) in [5, 5.41) is 0. The van der Waals surface area contributed by atoms with Crippen LogP contribution < -0.4 is 0 Å². The minimum Gasteiger partial charge on any atom is -0.377 e. The van der Waals surface area contributed by atoms with Gasteiger partial charge in [0, 0.05) is 6.54 Å². The summed E-state index contributed by atoms with van der Waals surface area (Å²) in [5.41, 5.74) is 0.758. The first kappa shape index (κ1) is 17.6. The van der Waals surface area contributed by atoms with Crippen LogP contribution in [0.3, 0.4) is 0 Å². The molecule has 1 aromatic rings. The summed E-state index contributed by atoms with van der Waals surface area (Å²) >= 11 is 0. The normalized spacial score (nSPS) is 21.7. The minimum absolute atomic E-state index is 0.0638. The molecule has 1 fully saturated rings. The quantitative estimate of drug-likeness (QED) is 0.783. The number of nitrogens with zero attached hydrogens (tertiary/aromatic N) is 2. The Balaban J connectivity index is 1.93. The average molecular weight is 344 g/mol. The summed E-state index contributed by atoms with van der Waals surface area (Å²) in [6.45, 7) is 7.33. The van der Waals surface area contributed by atoms with Crippen molar-refractivity contribution in [2.75, 3.05) is 19.8 Å². The van der Waals surface area contributed by atoms with E-state index in [2.05, 4.69) is 0 Å². The molecule has 1 aromatic carbocycles. The van der Waals surface area contributed by atoms with Crippen LogP contribution in [0.25, 0.3) is 0 Å². The molecule has 0 aromatic heterocycles. The summed E-state index contributed by atoms with van der Waals surface area (Å²) in [4.78, 5) is 41.7. The fraction of sp³-hybridized carbons (Fsp3) is 0.526. The topological polar surface area (TPSA) is 66.9 Å². The zero-order chi connectivity index (χ0) is 18.1. The zero-order valence-electron chi connectivity index (χ0n) is 14.9. The van der Waals surface area contributed by atoms with E-state index in [0.29, 0.717) is 37.3 Å². The number of hydrogen-bond acceptors (Lipinski definition) is 4. The van der Waals surface area contributed by atoms with E-state index in [9.17, 15) is 14.4 Å². The van der Waals surface area contributed by atoms with Crippen LogP contribution in [-0.4, -0.2) is 59.4 Å². The largest absolute Gasteiger partial charge is 0.377 e. The molecule has 3 amide bonds. The Morgan fingerprint density at radius 3 is 2.32 bits per heavy atom. The third-order valence-electron chi connectivity index (χ3n) is 4.77. The van der Waals surface area contributed by atoms with Gasteiger partial charge in [-0.05, 0) is 31.4 Å². The first-order valence-corrected chi connectivity index (χ1v) is 8.77. The van der Waals surface area contributed by atoms with Crippen LogP contribution in [0, 0.1) is 5.92 Å². The van der Waals surface area contributed by atoms with Gasteiger partial charge in [0.05, 0.1) is 30.4 Å². The first-order valence-electron chi connectivity index (χ1n) is 8.77. The van der Waals surface area contributed by atoms with Crippen LogP contribution in [0.1, 0.15) is 47.9 Å². The maximum absolute atomic E-state index is 13.2. The molecule has 3 rings (SSSR count). The number of carbonyl (C=O) groups excluding carboxylic acids is 3. The Hall–Kier alpha value is -2.21. The third-order valence-corrected chi connectivity index (χ3v) is 4.77. The Labute approximate surface area is 147 Å². The van der Waals surface area contributed by atoms with Crippen molar-refractivity contribution in [2.24, 2.45) is 5.92 Å². The number of rotatable bonds is 4. The lowest BCUT2D eigenvalue weighted by Crippen LogP contribution is -2.56. The predicted molar refractivity (Wildman–Crippen MR) is 92.2 cm³/mol. The number of fused-ring (bicyclic) bond motifs is 1. The number of ether oxygens (including phenoxy) is 1. The van der Waals surface area contributed by atoms with Crippen LogP contribution in [0.2, 0.25) is 0 Å². The molecule has 2 heterocycles. The van der Waals surface area contributed by atoms with E-state index in [0.717, 1.165) is 4.90 Å². The van der Waals surface area contributed by atoms with Crippen LogP contribution in [-0.2, 0) is 9.53 Å². The van der Waals surface area contributed by atoms with Gasteiger partial charge in [-0.15, -0.1) is 0 Å². The Morgan fingerprint density at radius 2 is 1.80 bits per heavy atom. The number of morpholine rings is 1. The molecule has 6 nitrogen and oxygen atoms in total. The average Bonchev–Trinajstić information content (AvgIpc) is 2.84. The highest BCUT2D eigenvalue weighted by Crippen LogP contribution is 2.28. The predicted octanol–water partition coefficient (Wildman–Crippen LogP) is 1.94. The lowest BCUT2D eigenvalue weighted by atomic mass is 10.00. The van der Waals surface area contributed by atoms with Crippen molar-refractivity contribution >= 4 is 17.7 Å². The van der Waals surface area contributed by atoms with E-state index in [1.54, 1.807) is 29.2 Å².